The lowest BCUT2D eigenvalue weighted by molar-refractivity contribution is 0.0707. The minimum atomic E-state index is -2.63. The second kappa shape index (κ2) is 15.3. The van der Waals surface area contributed by atoms with Gasteiger partial charge < -0.3 is 9.79 Å². The predicted molar refractivity (Wildman–Crippen MR) is 205 cm³/mol. The van der Waals surface area contributed by atoms with Crippen LogP contribution < -0.4 is 0 Å². The molecule has 0 spiro atoms. The van der Waals surface area contributed by atoms with Gasteiger partial charge in [0.25, 0.3) is 0 Å². The van der Waals surface area contributed by atoms with Crippen molar-refractivity contribution in [2.45, 2.75) is 201 Å². The predicted octanol–water partition coefficient (Wildman–Crippen LogP) is 13.1. The van der Waals surface area contributed by atoms with Crippen LogP contribution in [0.2, 0.25) is 0 Å². The highest BCUT2D eigenvalue weighted by Gasteiger charge is 2.51. The first-order valence-electron chi connectivity index (χ1n) is 18.8. The lowest BCUT2D eigenvalue weighted by atomic mass is 9.60. The average Bonchev–Trinajstić information content (AvgIpc) is 2.93. The maximum atomic E-state index is 10.9. The molecule has 266 valence electrons. The molecule has 4 heteroatoms. The van der Waals surface area contributed by atoms with Crippen LogP contribution in [0.1, 0.15) is 218 Å². The molecule has 0 saturated carbocycles. The molecule has 0 radical (unpaired) electrons. The Balaban J connectivity index is 2.31. The Kier molecular flexibility index (Phi) is 13.1. The summed E-state index contributed by atoms with van der Waals surface area (Å²) in [5, 5.41) is 0. The number of rotatable bonds is 13. The van der Waals surface area contributed by atoms with E-state index in [9.17, 15) is 9.79 Å². The second-order valence-electron chi connectivity index (χ2n) is 18.8. The fraction of sp³-hybridized carbons (Fsp3) is 0.721. The number of fused-ring (bicyclic) bond motifs is 2. The zero-order valence-electron chi connectivity index (χ0n) is 32.9. The van der Waals surface area contributed by atoms with Crippen LogP contribution in [-0.2, 0) is 31.8 Å². The van der Waals surface area contributed by atoms with Crippen LogP contribution in [0.3, 0.4) is 0 Å². The first-order chi connectivity index (χ1) is 21.6. The third kappa shape index (κ3) is 9.51. The first-order valence-corrected chi connectivity index (χ1v) is 20.0. The third-order valence-corrected chi connectivity index (χ3v) is 11.0. The number of unbranched alkanes of at least 4 members (excludes halogenated alkanes) is 9. The Morgan fingerprint density at radius 1 is 0.574 bits per heavy atom. The van der Waals surface area contributed by atoms with E-state index in [-0.39, 0.29) is 27.6 Å². The molecule has 0 aromatic heterocycles. The topological polar surface area (TPSA) is 49.7 Å². The molecule has 0 aliphatic heterocycles. The first kappa shape index (κ1) is 40.2. The molecule has 0 saturated heterocycles. The Bertz CT molecular complexity index is 1240. The molecule has 2 aromatic rings. The lowest BCUT2D eigenvalue weighted by Crippen LogP contribution is -2.42. The zero-order chi connectivity index (χ0) is 35.6. The highest BCUT2D eigenvalue weighted by molar-refractivity contribution is 7.39. The maximum Gasteiger partial charge on any atom is 0.328 e. The van der Waals surface area contributed by atoms with E-state index in [1.54, 1.807) is 0 Å². The fourth-order valence-electron chi connectivity index (χ4n) is 7.64. The summed E-state index contributed by atoms with van der Waals surface area (Å²) >= 11 is 0. The Morgan fingerprint density at radius 2 is 0.936 bits per heavy atom. The van der Waals surface area contributed by atoms with Gasteiger partial charge in [-0.3, -0.25) is 4.52 Å². The standard InChI is InChI=1S/C43H71O3P/c1-15-16-17-18-19-20-21-22-23-24-25-43(46-47(44)45)37-33(26-31(39(3,4)5)28-35(37)41(9,10)11)30(2)34-27-32(40(6,7)8)29-36(38(34)43)42(12,13)14/h26-30,44-45H,15-25H2,1-14H3. The van der Waals surface area contributed by atoms with E-state index >= 15 is 0 Å². The van der Waals surface area contributed by atoms with Crippen molar-refractivity contribution in [3.8, 4) is 0 Å². The van der Waals surface area contributed by atoms with Crippen LogP contribution in [0.5, 0.6) is 0 Å². The molecule has 0 bridgehead atoms. The van der Waals surface area contributed by atoms with Gasteiger partial charge in [-0.05, 0) is 79.0 Å². The fourth-order valence-corrected chi connectivity index (χ4v) is 8.20. The lowest BCUT2D eigenvalue weighted by Gasteiger charge is -2.49. The molecule has 3 nitrogen and oxygen atoms in total. The Labute approximate surface area is 291 Å². The SMILES string of the molecule is CCCCCCCCCCCCC1(OP(O)O)c2c(cc(C(C)(C)C)cc2C(C)(C)C)C(C)c2cc(C(C)(C)C)cc(C(C)(C)C)c21. The van der Waals surface area contributed by atoms with Gasteiger partial charge in [-0.2, -0.15) is 0 Å². The quantitative estimate of drug-likeness (QED) is 0.165. The highest BCUT2D eigenvalue weighted by atomic mass is 31.2. The summed E-state index contributed by atoms with van der Waals surface area (Å²) in [6, 6.07) is 9.66. The molecule has 1 aliphatic rings. The van der Waals surface area contributed by atoms with Gasteiger partial charge in [-0.1, -0.05) is 179 Å². The molecule has 0 unspecified atom stereocenters. The van der Waals surface area contributed by atoms with Crippen LogP contribution in [0.4, 0.5) is 0 Å². The van der Waals surface area contributed by atoms with Crippen molar-refractivity contribution in [1.82, 2.24) is 0 Å². The van der Waals surface area contributed by atoms with E-state index in [1.807, 2.05) is 0 Å². The van der Waals surface area contributed by atoms with Crippen molar-refractivity contribution in [1.29, 1.82) is 0 Å². The summed E-state index contributed by atoms with van der Waals surface area (Å²) in [4.78, 5) is 21.8. The summed E-state index contributed by atoms with van der Waals surface area (Å²) in [5.41, 5.74) is 8.74. The van der Waals surface area contributed by atoms with Crippen molar-refractivity contribution in [3.05, 3.63) is 68.8 Å². The van der Waals surface area contributed by atoms with Gasteiger partial charge in [0.05, 0.1) is 0 Å². The van der Waals surface area contributed by atoms with Gasteiger partial charge in [-0.25, -0.2) is 0 Å². The van der Waals surface area contributed by atoms with Gasteiger partial charge in [0.1, 0.15) is 5.60 Å². The number of benzene rings is 2. The number of hydrogen-bond acceptors (Lipinski definition) is 3. The van der Waals surface area contributed by atoms with Crippen LogP contribution in [0.25, 0.3) is 0 Å². The van der Waals surface area contributed by atoms with E-state index in [0.29, 0.717) is 0 Å². The average molecular weight is 667 g/mol. The third-order valence-electron chi connectivity index (χ3n) is 10.5. The summed E-state index contributed by atoms with van der Waals surface area (Å²) < 4.78 is 6.76. The summed E-state index contributed by atoms with van der Waals surface area (Å²) in [6.45, 7) is 32.2. The van der Waals surface area contributed by atoms with Crippen molar-refractivity contribution in [2.75, 3.05) is 0 Å². The minimum Gasteiger partial charge on any atom is -0.328 e. The molecule has 0 atom stereocenters. The van der Waals surface area contributed by atoms with E-state index in [0.717, 1.165) is 19.3 Å². The molecular formula is C43H71O3P. The molecule has 2 N–H and O–H groups in total. The smallest absolute Gasteiger partial charge is 0.328 e. The molecule has 0 fully saturated rings. The van der Waals surface area contributed by atoms with E-state index in [4.69, 9.17) is 4.52 Å². The van der Waals surface area contributed by atoms with Crippen LogP contribution in [0, 0.1) is 0 Å². The summed E-state index contributed by atoms with van der Waals surface area (Å²) in [7, 11) is -2.63. The second-order valence-corrected chi connectivity index (χ2v) is 19.5. The van der Waals surface area contributed by atoms with Crippen molar-refractivity contribution in [3.63, 3.8) is 0 Å². The molecular weight excluding hydrogens is 595 g/mol. The van der Waals surface area contributed by atoms with Crippen LogP contribution >= 0.6 is 8.60 Å². The Hall–Kier alpha value is -1.25. The van der Waals surface area contributed by atoms with Gasteiger partial charge in [0, 0.05) is 5.92 Å². The van der Waals surface area contributed by atoms with Crippen LogP contribution in [0.15, 0.2) is 24.3 Å². The van der Waals surface area contributed by atoms with Crippen molar-refractivity contribution in [2.24, 2.45) is 0 Å². The normalized spacial score (nSPS) is 18.9. The van der Waals surface area contributed by atoms with Gasteiger partial charge in [0.2, 0.25) is 0 Å². The zero-order valence-corrected chi connectivity index (χ0v) is 33.8. The minimum absolute atomic E-state index is 0.0283. The molecule has 0 amide bonds. The van der Waals surface area contributed by atoms with E-state index < -0.39 is 14.2 Å². The summed E-state index contributed by atoms with van der Waals surface area (Å²) in [6.07, 6.45) is 13.3. The number of hydrogen-bond donors (Lipinski definition) is 2. The van der Waals surface area contributed by atoms with Gasteiger partial charge in [-0.15, -0.1) is 0 Å². The van der Waals surface area contributed by atoms with E-state index in [1.165, 1.54) is 95.9 Å². The molecule has 1 aliphatic carbocycles. The molecule has 3 rings (SSSR count). The maximum absolute atomic E-state index is 10.9. The van der Waals surface area contributed by atoms with Crippen LogP contribution in [-0.4, -0.2) is 9.79 Å². The van der Waals surface area contributed by atoms with Crippen molar-refractivity contribution >= 4 is 8.60 Å². The van der Waals surface area contributed by atoms with E-state index in [2.05, 4.69) is 121 Å². The highest BCUT2D eigenvalue weighted by Crippen LogP contribution is 2.59. The van der Waals surface area contributed by atoms with Crippen molar-refractivity contribution < 1.29 is 14.3 Å². The Morgan fingerprint density at radius 3 is 1.26 bits per heavy atom. The molecule has 47 heavy (non-hydrogen) atoms. The summed E-state index contributed by atoms with van der Waals surface area (Å²) in [5.74, 6) is 0.139. The van der Waals surface area contributed by atoms with Gasteiger partial charge in [0.15, 0.2) is 0 Å². The molecule has 2 aromatic carbocycles. The van der Waals surface area contributed by atoms with Gasteiger partial charge >= 0.3 is 8.60 Å². The monoisotopic (exact) mass is 667 g/mol. The molecule has 0 heterocycles. The largest absolute Gasteiger partial charge is 0.328 e.